The molecule has 1 heterocycles. The highest BCUT2D eigenvalue weighted by molar-refractivity contribution is 7.92. The molecule has 0 aliphatic heterocycles. The maximum absolute atomic E-state index is 12.3. The van der Waals surface area contributed by atoms with Gasteiger partial charge in [-0.05, 0) is 38.1 Å². The maximum atomic E-state index is 12.3. The highest BCUT2D eigenvalue weighted by Crippen LogP contribution is 2.23. The van der Waals surface area contributed by atoms with Crippen LogP contribution in [0, 0.1) is 0 Å². The SMILES string of the molecule is CCN(CC)c1ccc(NS(=O)(=O)c2ccccc2Cl)nc1. The van der Waals surface area contributed by atoms with Gasteiger partial charge in [-0.25, -0.2) is 13.4 Å². The van der Waals surface area contributed by atoms with E-state index in [0.29, 0.717) is 0 Å². The Morgan fingerprint density at radius 3 is 2.36 bits per heavy atom. The minimum Gasteiger partial charge on any atom is -0.371 e. The summed E-state index contributed by atoms with van der Waals surface area (Å²) in [6.45, 7) is 5.83. The van der Waals surface area contributed by atoms with Gasteiger partial charge in [-0.1, -0.05) is 23.7 Å². The summed E-state index contributed by atoms with van der Waals surface area (Å²) >= 11 is 5.93. The lowest BCUT2D eigenvalue weighted by Gasteiger charge is -2.20. The minimum absolute atomic E-state index is 0.0336. The van der Waals surface area contributed by atoms with Crippen LogP contribution in [-0.2, 0) is 10.0 Å². The predicted molar refractivity (Wildman–Crippen MR) is 90.1 cm³/mol. The summed E-state index contributed by atoms with van der Waals surface area (Å²) in [5.41, 5.74) is 0.950. The van der Waals surface area contributed by atoms with Crippen molar-refractivity contribution in [3.63, 3.8) is 0 Å². The van der Waals surface area contributed by atoms with E-state index < -0.39 is 10.0 Å². The predicted octanol–water partition coefficient (Wildman–Crippen LogP) is 3.38. The standard InChI is InChI=1S/C15H18ClN3O2S/c1-3-19(4-2)12-9-10-15(17-11-12)18-22(20,21)14-8-6-5-7-13(14)16/h5-11H,3-4H2,1-2H3,(H,17,18). The van der Waals surface area contributed by atoms with Crippen molar-refractivity contribution in [2.45, 2.75) is 18.7 Å². The molecule has 0 saturated heterocycles. The third-order valence-electron chi connectivity index (χ3n) is 3.24. The molecule has 7 heteroatoms. The van der Waals surface area contributed by atoms with Gasteiger partial charge in [-0.3, -0.25) is 4.72 Å². The van der Waals surface area contributed by atoms with Crippen LogP contribution >= 0.6 is 11.6 Å². The van der Waals surface area contributed by atoms with E-state index in [1.54, 1.807) is 24.4 Å². The lowest BCUT2D eigenvalue weighted by atomic mass is 10.3. The number of anilines is 2. The van der Waals surface area contributed by atoms with Gasteiger partial charge in [0.2, 0.25) is 0 Å². The molecule has 2 aromatic rings. The number of aromatic nitrogens is 1. The summed E-state index contributed by atoms with van der Waals surface area (Å²) in [6.07, 6.45) is 1.65. The summed E-state index contributed by atoms with van der Waals surface area (Å²) in [6, 6.07) is 9.77. The van der Waals surface area contributed by atoms with E-state index in [0.717, 1.165) is 18.8 Å². The largest absolute Gasteiger partial charge is 0.371 e. The molecule has 2 rings (SSSR count). The van der Waals surface area contributed by atoms with E-state index in [-0.39, 0.29) is 15.7 Å². The molecular formula is C15H18ClN3O2S. The van der Waals surface area contributed by atoms with Crippen LogP contribution in [0.2, 0.25) is 5.02 Å². The van der Waals surface area contributed by atoms with Gasteiger partial charge in [0.05, 0.1) is 16.9 Å². The van der Waals surface area contributed by atoms with Crippen molar-refractivity contribution in [1.29, 1.82) is 0 Å². The number of benzene rings is 1. The molecule has 0 radical (unpaired) electrons. The molecule has 0 unspecified atom stereocenters. The molecule has 5 nitrogen and oxygen atoms in total. The third kappa shape index (κ3) is 3.69. The first kappa shape index (κ1) is 16.6. The summed E-state index contributed by atoms with van der Waals surface area (Å²) < 4.78 is 27.1. The third-order valence-corrected chi connectivity index (χ3v) is 5.10. The van der Waals surface area contributed by atoms with Crippen LogP contribution in [0.4, 0.5) is 11.5 Å². The minimum atomic E-state index is -3.75. The van der Waals surface area contributed by atoms with Crippen molar-refractivity contribution in [2.75, 3.05) is 22.7 Å². The quantitative estimate of drug-likeness (QED) is 0.876. The highest BCUT2D eigenvalue weighted by Gasteiger charge is 2.18. The van der Waals surface area contributed by atoms with E-state index in [1.807, 2.05) is 6.07 Å². The Morgan fingerprint density at radius 1 is 1.14 bits per heavy atom. The fraction of sp³-hybridized carbons (Fsp3) is 0.267. The fourth-order valence-electron chi connectivity index (χ4n) is 2.08. The van der Waals surface area contributed by atoms with E-state index in [4.69, 9.17) is 11.6 Å². The van der Waals surface area contributed by atoms with Gasteiger partial charge in [-0.2, -0.15) is 0 Å². The monoisotopic (exact) mass is 339 g/mol. The Labute approximate surface area is 136 Å². The molecule has 0 aliphatic carbocycles. The first-order valence-electron chi connectivity index (χ1n) is 6.96. The van der Waals surface area contributed by atoms with Crippen molar-refractivity contribution < 1.29 is 8.42 Å². The van der Waals surface area contributed by atoms with Crippen LogP contribution in [0.3, 0.4) is 0 Å². The molecule has 1 aromatic heterocycles. The van der Waals surface area contributed by atoms with Crippen molar-refractivity contribution >= 4 is 33.1 Å². The van der Waals surface area contributed by atoms with Crippen LogP contribution in [0.1, 0.15) is 13.8 Å². The molecule has 0 atom stereocenters. The van der Waals surface area contributed by atoms with Gasteiger partial charge in [0, 0.05) is 13.1 Å². The van der Waals surface area contributed by atoms with Gasteiger partial charge in [0.25, 0.3) is 10.0 Å². The van der Waals surface area contributed by atoms with Crippen LogP contribution in [-0.4, -0.2) is 26.5 Å². The van der Waals surface area contributed by atoms with Gasteiger partial charge in [-0.15, -0.1) is 0 Å². The van der Waals surface area contributed by atoms with Gasteiger partial charge in [0.1, 0.15) is 10.7 Å². The van der Waals surface area contributed by atoms with Crippen LogP contribution < -0.4 is 9.62 Å². The van der Waals surface area contributed by atoms with Crippen LogP contribution in [0.25, 0.3) is 0 Å². The average molecular weight is 340 g/mol. The van der Waals surface area contributed by atoms with Gasteiger partial charge < -0.3 is 4.90 Å². The Kier molecular flexibility index (Phi) is 5.26. The number of nitrogens with one attached hydrogen (secondary N) is 1. The lowest BCUT2D eigenvalue weighted by molar-refractivity contribution is 0.601. The Hall–Kier alpha value is -1.79. The number of halogens is 1. The summed E-state index contributed by atoms with van der Waals surface area (Å²) in [7, 11) is -3.75. The molecule has 0 aliphatic rings. The second-order valence-electron chi connectivity index (χ2n) is 4.61. The Bertz CT molecular complexity index is 729. The van der Waals surface area contributed by atoms with Crippen molar-refractivity contribution in [3.05, 3.63) is 47.6 Å². The topological polar surface area (TPSA) is 62.3 Å². The number of sulfonamides is 1. The number of rotatable bonds is 6. The number of nitrogens with zero attached hydrogens (tertiary/aromatic N) is 2. The van der Waals surface area contributed by atoms with Crippen LogP contribution in [0.5, 0.6) is 0 Å². The maximum Gasteiger partial charge on any atom is 0.264 e. The van der Waals surface area contributed by atoms with Gasteiger partial charge >= 0.3 is 0 Å². The molecule has 0 spiro atoms. The number of hydrogen-bond acceptors (Lipinski definition) is 4. The normalized spacial score (nSPS) is 11.2. The van der Waals surface area contributed by atoms with E-state index >= 15 is 0 Å². The molecule has 1 aromatic carbocycles. The van der Waals surface area contributed by atoms with E-state index in [1.165, 1.54) is 12.1 Å². The summed E-state index contributed by atoms with van der Waals surface area (Å²) in [5.74, 6) is 0.260. The van der Waals surface area contributed by atoms with Crippen molar-refractivity contribution in [1.82, 2.24) is 4.98 Å². The number of hydrogen-bond donors (Lipinski definition) is 1. The number of pyridine rings is 1. The van der Waals surface area contributed by atoms with E-state index in [9.17, 15) is 8.42 Å². The Balaban J connectivity index is 2.22. The highest BCUT2D eigenvalue weighted by atomic mass is 35.5. The molecule has 0 amide bonds. The molecule has 1 N–H and O–H groups in total. The zero-order valence-corrected chi connectivity index (χ0v) is 14.0. The van der Waals surface area contributed by atoms with Crippen molar-refractivity contribution in [2.24, 2.45) is 0 Å². The van der Waals surface area contributed by atoms with Crippen molar-refractivity contribution in [3.8, 4) is 0 Å². The molecular weight excluding hydrogens is 322 g/mol. The van der Waals surface area contributed by atoms with Crippen LogP contribution in [0.15, 0.2) is 47.5 Å². The zero-order valence-electron chi connectivity index (χ0n) is 12.5. The smallest absolute Gasteiger partial charge is 0.264 e. The molecule has 0 bridgehead atoms. The first-order chi connectivity index (χ1) is 10.5. The lowest BCUT2D eigenvalue weighted by Crippen LogP contribution is -2.22. The first-order valence-corrected chi connectivity index (χ1v) is 8.82. The van der Waals surface area contributed by atoms with Gasteiger partial charge in [0.15, 0.2) is 0 Å². The summed E-state index contributed by atoms with van der Waals surface area (Å²) in [4.78, 5) is 6.32. The second-order valence-corrected chi connectivity index (χ2v) is 6.67. The second kappa shape index (κ2) is 6.98. The Morgan fingerprint density at radius 2 is 1.82 bits per heavy atom. The zero-order chi connectivity index (χ0) is 16.2. The molecule has 118 valence electrons. The van der Waals surface area contributed by atoms with E-state index in [2.05, 4.69) is 28.5 Å². The molecule has 0 saturated carbocycles. The fourth-order valence-corrected chi connectivity index (χ4v) is 3.61. The molecule has 22 heavy (non-hydrogen) atoms. The summed E-state index contributed by atoms with van der Waals surface area (Å²) in [5, 5.41) is 0.176. The average Bonchev–Trinajstić information content (AvgIpc) is 2.50. The molecule has 0 fully saturated rings.